The fourth-order valence-electron chi connectivity index (χ4n) is 1.73. The minimum atomic E-state index is -1.55. The number of ketones is 2. The minimum Gasteiger partial charge on any atom is -0.480 e. The molecule has 0 aromatic heterocycles. The third-order valence-electron chi connectivity index (χ3n) is 2.79. The number of aliphatic carboxylic acids is 1. The van der Waals surface area contributed by atoms with E-state index in [1.807, 2.05) is 19.1 Å². The first kappa shape index (κ1) is 14.1. The molecule has 1 unspecified atom stereocenters. The zero-order valence-corrected chi connectivity index (χ0v) is 10.5. The van der Waals surface area contributed by atoms with Crippen LogP contribution in [0.25, 0.3) is 0 Å². The van der Waals surface area contributed by atoms with E-state index in [1.165, 1.54) is 0 Å². The third-order valence-corrected chi connectivity index (χ3v) is 2.79. The molecule has 0 radical (unpaired) electrons. The molecule has 0 aliphatic carbocycles. The van der Waals surface area contributed by atoms with Gasteiger partial charge in [-0.3, -0.25) is 14.4 Å². The molecule has 4 nitrogen and oxygen atoms in total. The van der Waals surface area contributed by atoms with Gasteiger partial charge in [0.25, 0.3) is 0 Å². The minimum absolute atomic E-state index is 0.0272. The van der Waals surface area contributed by atoms with Crippen LogP contribution in [-0.4, -0.2) is 22.6 Å². The highest BCUT2D eigenvalue weighted by Gasteiger charge is 2.30. The van der Waals surface area contributed by atoms with Gasteiger partial charge < -0.3 is 5.11 Å². The molecule has 0 saturated heterocycles. The predicted octanol–water partition coefficient (Wildman–Crippen LogP) is 1.65. The van der Waals surface area contributed by atoms with Gasteiger partial charge >= 0.3 is 5.97 Å². The van der Waals surface area contributed by atoms with Crippen LogP contribution in [0.4, 0.5) is 0 Å². The zero-order chi connectivity index (χ0) is 13.7. The number of carbonyl (C=O) groups excluding carboxylic acids is 2. The van der Waals surface area contributed by atoms with Crippen LogP contribution in [0.3, 0.4) is 0 Å². The molecule has 1 N–H and O–H groups in total. The van der Waals surface area contributed by atoms with Crippen LogP contribution in [0.1, 0.15) is 25.0 Å². The number of benzene rings is 1. The fraction of sp³-hybridized carbons (Fsp3) is 0.357. The van der Waals surface area contributed by atoms with E-state index >= 15 is 0 Å². The van der Waals surface area contributed by atoms with Gasteiger partial charge in [0.1, 0.15) is 0 Å². The van der Waals surface area contributed by atoms with Gasteiger partial charge in [0, 0.05) is 6.42 Å². The van der Waals surface area contributed by atoms with Gasteiger partial charge in [-0.15, -0.1) is 0 Å². The molecule has 0 heterocycles. The van der Waals surface area contributed by atoms with E-state index in [4.69, 9.17) is 5.11 Å². The number of hydrogen-bond donors (Lipinski definition) is 1. The Bertz CT molecular complexity index is 445. The first-order valence-corrected chi connectivity index (χ1v) is 5.79. The lowest BCUT2D eigenvalue weighted by Gasteiger charge is -2.08. The molecule has 0 spiro atoms. The Hall–Kier alpha value is -1.97. The molecule has 18 heavy (non-hydrogen) atoms. The Balaban J connectivity index is 2.79. The van der Waals surface area contributed by atoms with Gasteiger partial charge in [0.15, 0.2) is 17.5 Å². The maximum absolute atomic E-state index is 11.7. The van der Waals surface area contributed by atoms with E-state index in [-0.39, 0.29) is 6.42 Å². The molecule has 1 rings (SSSR count). The van der Waals surface area contributed by atoms with Crippen LogP contribution in [0.5, 0.6) is 0 Å². The molecule has 1 aromatic rings. The van der Waals surface area contributed by atoms with Crippen LogP contribution >= 0.6 is 0 Å². The molecular weight excluding hydrogens is 232 g/mol. The van der Waals surface area contributed by atoms with Crippen molar-refractivity contribution in [2.75, 3.05) is 0 Å². The van der Waals surface area contributed by atoms with Gasteiger partial charge in [-0.05, 0) is 24.5 Å². The predicted molar refractivity (Wildman–Crippen MR) is 66.3 cm³/mol. The lowest BCUT2D eigenvalue weighted by atomic mass is 9.94. The number of rotatable bonds is 6. The second-order valence-corrected chi connectivity index (χ2v) is 4.20. The van der Waals surface area contributed by atoms with Crippen LogP contribution in [0, 0.1) is 5.92 Å². The van der Waals surface area contributed by atoms with Crippen molar-refractivity contribution in [1.29, 1.82) is 0 Å². The SMILES string of the molecule is CCc1ccc(CC(=O)C(C(C)=O)C(=O)O)cc1. The Morgan fingerprint density at radius 3 is 2.00 bits per heavy atom. The summed E-state index contributed by atoms with van der Waals surface area (Å²) in [7, 11) is 0. The zero-order valence-electron chi connectivity index (χ0n) is 10.5. The van der Waals surface area contributed by atoms with E-state index in [9.17, 15) is 14.4 Å². The third kappa shape index (κ3) is 3.52. The van der Waals surface area contributed by atoms with E-state index in [0.29, 0.717) is 0 Å². The Morgan fingerprint density at radius 2 is 1.61 bits per heavy atom. The molecule has 1 atom stereocenters. The highest BCUT2D eigenvalue weighted by Crippen LogP contribution is 2.10. The summed E-state index contributed by atoms with van der Waals surface area (Å²) >= 11 is 0. The molecule has 4 heteroatoms. The molecule has 96 valence electrons. The van der Waals surface area contributed by atoms with Crippen LogP contribution < -0.4 is 0 Å². The first-order chi connectivity index (χ1) is 8.45. The van der Waals surface area contributed by atoms with Crippen molar-refractivity contribution in [3.63, 3.8) is 0 Å². The van der Waals surface area contributed by atoms with Crippen LogP contribution in [0.15, 0.2) is 24.3 Å². The average Bonchev–Trinajstić information content (AvgIpc) is 2.28. The van der Waals surface area contributed by atoms with Gasteiger partial charge in [-0.1, -0.05) is 31.2 Å². The van der Waals surface area contributed by atoms with Crippen molar-refractivity contribution in [1.82, 2.24) is 0 Å². The van der Waals surface area contributed by atoms with E-state index in [1.54, 1.807) is 12.1 Å². The van der Waals surface area contributed by atoms with E-state index in [2.05, 4.69) is 0 Å². The topological polar surface area (TPSA) is 71.4 Å². The summed E-state index contributed by atoms with van der Waals surface area (Å²) in [4.78, 5) is 33.7. The quantitative estimate of drug-likeness (QED) is 0.777. The van der Waals surface area contributed by atoms with Gasteiger partial charge in [0.05, 0.1) is 0 Å². The van der Waals surface area contributed by atoms with E-state index in [0.717, 1.165) is 24.5 Å². The van der Waals surface area contributed by atoms with Crippen molar-refractivity contribution in [2.24, 2.45) is 5.92 Å². The van der Waals surface area contributed by atoms with E-state index < -0.39 is 23.5 Å². The Kier molecular flexibility index (Phi) is 4.77. The van der Waals surface area contributed by atoms with Crippen molar-refractivity contribution >= 4 is 17.5 Å². The second-order valence-electron chi connectivity index (χ2n) is 4.20. The fourth-order valence-corrected chi connectivity index (χ4v) is 1.73. The molecule has 1 aromatic carbocycles. The molecule has 0 amide bonds. The molecule has 0 bridgehead atoms. The highest BCUT2D eigenvalue weighted by atomic mass is 16.4. The smallest absolute Gasteiger partial charge is 0.321 e. The summed E-state index contributed by atoms with van der Waals surface area (Å²) in [5.74, 6) is -4.12. The van der Waals surface area contributed by atoms with Crippen LogP contribution in [-0.2, 0) is 27.2 Å². The summed E-state index contributed by atoms with van der Waals surface area (Å²) in [6.07, 6.45) is 0.875. The molecule has 0 aliphatic heterocycles. The molecule has 0 aliphatic rings. The lowest BCUT2D eigenvalue weighted by Crippen LogP contribution is -2.31. The number of hydrogen-bond acceptors (Lipinski definition) is 3. The number of carboxylic acid groups (broad SMARTS) is 1. The summed E-state index contributed by atoms with van der Waals surface area (Å²) in [6.45, 7) is 3.15. The Morgan fingerprint density at radius 1 is 1.11 bits per heavy atom. The standard InChI is InChI=1S/C14H16O4/c1-3-10-4-6-11(7-5-10)8-12(16)13(9(2)15)14(17)18/h4-7,13H,3,8H2,1-2H3,(H,17,18). The maximum Gasteiger partial charge on any atom is 0.321 e. The highest BCUT2D eigenvalue weighted by molar-refractivity contribution is 6.16. The normalized spacial score (nSPS) is 11.9. The van der Waals surface area contributed by atoms with Gasteiger partial charge in [-0.25, -0.2) is 0 Å². The Labute approximate surface area is 106 Å². The molecule has 0 fully saturated rings. The molecule has 0 saturated carbocycles. The second kappa shape index (κ2) is 6.10. The maximum atomic E-state index is 11.7. The van der Waals surface area contributed by atoms with Crippen molar-refractivity contribution < 1.29 is 19.5 Å². The molecular formula is C14H16O4. The average molecular weight is 248 g/mol. The summed E-state index contributed by atoms with van der Waals surface area (Å²) in [5.41, 5.74) is 1.87. The summed E-state index contributed by atoms with van der Waals surface area (Å²) in [5, 5.41) is 8.83. The summed E-state index contributed by atoms with van der Waals surface area (Å²) in [6, 6.07) is 7.36. The van der Waals surface area contributed by atoms with Crippen molar-refractivity contribution in [3.8, 4) is 0 Å². The lowest BCUT2D eigenvalue weighted by molar-refractivity contribution is -0.149. The number of carbonyl (C=O) groups is 3. The monoisotopic (exact) mass is 248 g/mol. The van der Waals surface area contributed by atoms with Crippen LogP contribution in [0.2, 0.25) is 0 Å². The first-order valence-electron chi connectivity index (χ1n) is 5.79. The van der Waals surface area contributed by atoms with Gasteiger partial charge in [0.2, 0.25) is 0 Å². The van der Waals surface area contributed by atoms with Gasteiger partial charge in [-0.2, -0.15) is 0 Å². The largest absolute Gasteiger partial charge is 0.480 e. The number of carboxylic acids is 1. The number of Topliss-reactive ketones (excluding diaryl/α,β-unsaturated/α-hetero) is 2. The number of aryl methyl sites for hydroxylation is 1. The van der Waals surface area contributed by atoms with Crippen molar-refractivity contribution in [2.45, 2.75) is 26.7 Å². The summed E-state index contributed by atoms with van der Waals surface area (Å²) < 4.78 is 0. The van der Waals surface area contributed by atoms with Crippen molar-refractivity contribution in [3.05, 3.63) is 35.4 Å².